The minimum atomic E-state index is 0. The van der Waals surface area contributed by atoms with Gasteiger partial charge in [0.1, 0.15) is 0 Å². The van der Waals surface area contributed by atoms with Crippen LogP contribution < -0.4 is 5.73 Å². The molecule has 0 amide bonds. The molecule has 5 nitrogen and oxygen atoms in total. The number of likely N-dealkylation sites (tertiary alicyclic amines) is 1. The molecule has 3 rings (SSSR count). The summed E-state index contributed by atoms with van der Waals surface area (Å²) in [5, 5.41) is 8.09. The van der Waals surface area contributed by atoms with Gasteiger partial charge in [0.2, 0.25) is 11.7 Å². The predicted molar refractivity (Wildman–Crippen MR) is 86.5 cm³/mol. The van der Waals surface area contributed by atoms with Gasteiger partial charge in [-0.2, -0.15) is 16.3 Å². The zero-order valence-electron chi connectivity index (χ0n) is 12.1. The van der Waals surface area contributed by atoms with Crippen LogP contribution in [0.1, 0.15) is 25.7 Å². The van der Waals surface area contributed by atoms with E-state index >= 15 is 0 Å². The number of halogens is 1. The number of thiophene rings is 1. The van der Waals surface area contributed by atoms with E-state index < -0.39 is 0 Å². The number of nitrogens with zero attached hydrogens (tertiary/aromatic N) is 3. The molecule has 1 fully saturated rings. The Morgan fingerprint density at radius 3 is 2.86 bits per heavy atom. The van der Waals surface area contributed by atoms with Gasteiger partial charge in [0.25, 0.3) is 0 Å². The second-order valence-electron chi connectivity index (χ2n) is 5.50. The van der Waals surface area contributed by atoms with Crippen LogP contribution >= 0.6 is 23.7 Å². The fraction of sp³-hybridized carbons (Fsp3) is 0.571. The van der Waals surface area contributed by atoms with Gasteiger partial charge in [-0.1, -0.05) is 5.16 Å². The van der Waals surface area contributed by atoms with Crippen LogP contribution in [0.5, 0.6) is 0 Å². The van der Waals surface area contributed by atoms with Crippen molar-refractivity contribution in [1.82, 2.24) is 15.0 Å². The van der Waals surface area contributed by atoms with Gasteiger partial charge in [-0.15, -0.1) is 12.4 Å². The van der Waals surface area contributed by atoms with Crippen LogP contribution in [0.15, 0.2) is 21.3 Å². The quantitative estimate of drug-likeness (QED) is 0.934. The largest absolute Gasteiger partial charge is 0.338 e. The Kier molecular flexibility index (Phi) is 5.75. The second kappa shape index (κ2) is 7.35. The topological polar surface area (TPSA) is 68.2 Å². The van der Waals surface area contributed by atoms with Gasteiger partial charge in [-0.3, -0.25) is 4.90 Å². The molecule has 2 aromatic heterocycles. The number of hydrogen-bond donors (Lipinski definition) is 1. The average Bonchev–Trinajstić information content (AvgIpc) is 3.09. The molecule has 21 heavy (non-hydrogen) atoms. The number of piperidine rings is 1. The van der Waals surface area contributed by atoms with E-state index in [1.807, 2.05) is 16.8 Å². The van der Waals surface area contributed by atoms with Gasteiger partial charge in [-0.05, 0) is 50.2 Å². The molecule has 1 unspecified atom stereocenters. The highest BCUT2D eigenvalue weighted by Gasteiger charge is 2.23. The fourth-order valence-corrected chi connectivity index (χ4v) is 3.29. The Morgan fingerprint density at radius 2 is 2.24 bits per heavy atom. The Bertz CT molecular complexity index is 535. The molecule has 0 aromatic carbocycles. The van der Waals surface area contributed by atoms with E-state index in [9.17, 15) is 0 Å². The summed E-state index contributed by atoms with van der Waals surface area (Å²) in [4.78, 5) is 6.83. The van der Waals surface area contributed by atoms with Crippen molar-refractivity contribution in [2.75, 3.05) is 13.1 Å². The van der Waals surface area contributed by atoms with Crippen LogP contribution in [0, 0.1) is 5.92 Å². The van der Waals surface area contributed by atoms with E-state index in [-0.39, 0.29) is 12.4 Å². The molecule has 0 spiro atoms. The monoisotopic (exact) mass is 328 g/mol. The van der Waals surface area contributed by atoms with Gasteiger partial charge < -0.3 is 10.3 Å². The van der Waals surface area contributed by atoms with Gasteiger partial charge in [0, 0.05) is 17.0 Å². The summed E-state index contributed by atoms with van der Waals surface area (Å²) in [7, 11) is 0. The van der Waals surface area contributed by atoms with Gasteiger partial charge in [0.15, 0.2) is 0 Å². The van der Waals surface area contributed by atoms with Crippen molar-refractivity contribution in [2.45, 2.75) is 32.4 Å². The lowest BCUT2D eigenvalue weighted by Gasteiger charge is -2.32. The SMILES string of the molecule is CC(N)C1CCN(Cc2nc(-c3ccsc3)no2)CC1.Cl. The van der Waals surface area contributed by atoms with E-state index in [4.69, 9.17) is 10.3 Å². The van der Waals surface area contributed by atoms with Crippen molar-refractivity contribution in [1.29, 1.82) is 0 Å². The Morgan fingerprint density at radius 1 is 1.48 bits per heavy atom. The van der Waals surface area contributed by atoms with Crippen molar-refractivity contribution >= 4 is 23.7 Å². The number of hydrogen-bond acceptors (Lipinski definition) is 6. The predicted octanol–water partition coefficient (Wildman–Crippen LogP) is 2.78. The van der Waals surface area contributed by atoms with Crippen molar-refractivity contribution in [3.63, 3.8) is 0 Å². The lowest BCUT2D eigenvalue weighted by atomic mass is 9.91. The zero-order chi connectivity index (χ0) is 13.9. The summed E-state index contributed by atoms with van der Waals surface area (Å²) in [5.74, 6) is 2.03. The molecule has 7 heteroatoms. The molecular formula is C14H21ClN4OS. The van der Waals surface area contributed by atoms with Crippen LogP contribution in [0.3, 0.4) is 0 Å². The summed E-state index contributed by atoms with van der Waals surface area (Å²) in [6.07, 6.45) is 2.31. The molecule has 1 saturated heterocycles. The number of aromatic nitrogens is 2. The molecular weight excluding hydrogens is 308 g/mol. The molecule has 2 aromatic rings. The first-order valence-corrected chi connectivity index (χ1v) is 8.00. The van der Waals surface area contributed by atoms with E-state index in [0.29, 0.717) is 23.7 Å². The Hall–Kier alpha value is -0.950. The van der Waals surface area contributed by atoms with E-state index in [1.165, 1.54) is 0 Å². The fourth-order valence-electron chi connectivity index (χ4n) is 2.66. The highest BCUT2D eigenvalue weighted by Crippen LogP contribution is 2.22. The van der Waals surface area contributed by atoms with Crippen LogP contribution in [0.4, 0.5) is 0 Å². The maximum Gasteiger partial charge on any atom is 0.241 e. The second-order valence-corrected chi connectivity index (χ2v) is 6.28. The summed E-state index contributed by atoms with van der Waals surface area (Å²) in [5.41, 5.74) is 6.99. The van der Waals surface area contributed by atoms with Crippen LogP contribution in [-0.2, 0) is 6.54 Å². The first kappa shape index (κ1) is 16.4. The Labute approximate surface area is 134 Å². The Balaban J connectivity index is 0.00000161. The molecule has 1 aliphatic rings. The molecule has 0 radical (unpaired) electrons. The van der Waals surface area contributed by atoms with Crippen LogP contribution in [0.25, 0.3) is 11.4 Å². The molecule has 116 valence electrons. The van der Waals surface area contributed by atoms with Crippen molar-refractivity contribution in [3.8, 4) is 11.4 Å². The summed E-state index contributed by atoms with van der Waals surface area (Å²) >= 11 is 1.64. The number of nitrogens with two attached hydrogens (primary N) is 1. The third-order valence-corrected chi connectivity index (χ3v) is 4.67. The van der Waals surface area contributed by atoms with E-state index in [2.05, 4.69) is 22.0 Å². The maximum atomic E-state index is 5.96. The van der Waals surface area contributed by atoms with Gasteiger partial charge in [0.05, 0.1) is 6.54 Å². The van der Waals surface area contributed by atoms with Gasteiger partial charge >= 0.3 is 0 Å². The molecule has 2 N–H and O–H groups in total. The van der Waals surface area contributed by atoms with Crippen molar-refractivity contribution < 1.29 is 4.52 Å². The molecule has 0 aliphatic carbocycles. The summed E-state index contributed by atoms with van der Waals surface area (Å²) in [6.45, 7) is 4.96. The molecule has 0 bridgehead atoms. The zero-order valence-corrected chi connectivity index (χ0v) is 13.7. The first-order valence-electron chi connectivity index (χ1n) is 7.05. The van der Waals surface area contributed by atoms with Crippen molar-refractivity contribution in [2.24, 2.45) is 11.7 Å². The number of rotatable bonds is 4. The minimum absolute atomic E-state index is 0. The average molecular weight is 329 g/mol. The minimum Gasteiger partial charge on any atom is -0.338 e. The molecule has 3 heterocycles. The summed E-state index contributed by atoms with van der Waals surface area (Å²) < 4.78 is 5.34. The maximum absolute atomic E-state index is 5.96. The lowest BCUT2D eigenvalue weighted by Crippen LogP contribution is -2.39. The third-order valence-electron chi connectivity index (χ3n) is 3.98. The van der Waals surface area contributed by atoms with E-state index in [1.54, 1.807) is 11.3 Å². The summed E-state index contributed by atoms with van der Waals surface area (Å²) in [6, 6.07) is 2.30. The smallest absolute Gasteiger partial charge is 0.241 e. The standard InChI is InChI=1S/C14H20N4OS.ClH/c1-10(15)11-2-5-18(6-3-11)8-13-16-14(17-19-13)12-4-7-20-9-12;/h4,7,9-11H,2-3,5-6,8,15H2,1H3;1H. The van der Waals surface area contributed by atoms with E-state index in [0.717, 1.165) is 38.0 Å². The molecule has 1 aliphatic heterocycles. The van der Waals surface area contributed by atoms with Crippen LogP contribution in [0.2, 0.25) is 0 Å². The highest BCUT2D eigenvalue weighted by molar-refractivity contribution is 7.08. The molecule has 1 atom stereocenters. The van der Waals surface area contributed by atoms with Gasteiger partial charge in [-0.25, -0.2) is 0 Å². The van der Waals surface area contributed by atoms with Crippen LogP contribution in [-0.4, -0.2) is 34.2 Å². The lowest BCUT2D eigenvalue weighted by molar-refractivity contribution is 0.150. The third kappa shape index (κ3) is 4.03. The first-order chi connectivity index (χ1) is 9.72. The van der Waals surface area contributed by atoms with Crippen molar-refractivity contribution in [3.05, 3.63) is 22.7 Å². The molecule has 0 saturated carbocycles. The highest BCUT2D eigenvalue weighted by atomic mass is 35.5. The normalized spacial score (nSPS) is 18.4.